The zero-order valence-electron chi connectivity index (χ0n) is 14.3. The fourth-order valence-corrected chi connectivity index (χ4v) is 2.51. The van der Waals surface area contributed by atoms with Gasteiger partial charge in [-0.3, -0.25) is 4.79 Å². The summed E-state index contributed by atoms with van der Waals surface area (Å²) in [5.41, 5.74) is 1.17. The van der Waals surface area contributed by atoms with Crippen molar-refractivity contribution in [1.29, 1.82) is 5.26 Å². The van der Waals surface area contributed by atoms with Crippen molar-refractivity contribution >= 4 is 17.7 Å². The summed E-state index contributed by atoms with van der Waals surface area (Å²) in [6, 6.07) is 14.3. The molecule has 0 atom stereocenters. The minimum absolute atomic E-state index is 0.0213. The highest BCUT2D eigenvalue weighted by molar-refractivity contribution is 6.09. The number of para-hydroxylation sites is 1. The predicted molar refractivity (Wildman–Crippen MR) is 97.3 cm³/mol. The van der Waals surface area contributed by atoms with Gasteiger partial charge >= 0.3 is 0 Å². The zero-order chi connectivity index (χ0) is 18.4. The van der Waals surface area contributed by atoms with E-state index in [0.717, 1.165) is 0 Å². The molecule has 26 heavy (non-hydrogen) atoms. The van der Waals surface area contributed by atoms with Gasteiger partial charge in [-0.2, -0.15) is 5.26 Å². The molecule has 1 aliphatic heterocycles. The average Bonchev–Trinajstić information content (AvgIpc) is 2.67. The van der Waals surface area contributed by atoms with Crippen LogP contribution in [0.3, 0.4) is 0 Å². The molecule has 6 nitrogen and oxygen atoms in total. The Balaban J connectivity index is 1.80. The van der Waals surface area contributed by atoms with Crippen LogP contribution in [-0.2, 0) is 4.79 Å². The molecule has 132 valence electrons. The van der Waals surface area contributed by atoms with Crippen LogP contribution < -0.4 is 19.5 Å². The van der Waals surface area contributed by atoms with Gasteiger partial charge in [0.15, 0.2) is 11.5 Å². The van der Waals surface area contributed by atoms with E-state index < -0.39 is 5.91 Å². The smallest absolute Gasteiger partial charge is 0.266 e. The molecule has 1 heterocycles. The van der Waals surface area contributed by atoms with Crippen LogP contribution in [0.25, 0.3) is 6.08 Å². The lowest BCUT2D eigenvalue weighted by molar-refractivity contribution is -0.112. The second-order valence-electron chi connectivity index (χ2n) is 5.45. The first-order chi connectivity index (χ1) is 12.7. The highest BCUT2D eigenvalue weighted by Crippen LogP contribution is 2.32. The van der Waals surface area contributed by atoms with Crippen molar-refractivity contribution in [3.63, 3.8) is 0 Å². The van der Waals surface area contributed by atoms with E-state index in [2.05, 4.69) is 5.32 Å². The third-order valence-corrected chi connectivity index (χ3v) is 3.68. The van der Waals surface area contributed by atoms with E-state index in [1.54, 1.807) is 30.3 Å². The van der Waals surface area contributed by atoms with Gasteiger partial charge in [-0.05, 0) is 31.2 Å². The second-order valence-corrected chi connectivity index (χ2v) is 5.45. The van der Waals surface area contributed by atoms with Crippen molar-refractivity contribution in [3.8, 4) is 23.3 Å². The Morgan fingerprint density at radius 2 is 2.00 bits per heavy atom. The van der Waals surface area contributed by atoms with E-state index in [4.69, 9.17) is 14.2 Å². The largest absolute Gasteiger partial charge is 0.493 e. The van der Waals surface area contributed by atoms with Gasteiger partial charge in [-0.1, -0.05) is 18.2 Å². The third-order valence-electron chi connectivity index (χ3n) is 3.68. The maximum Gasteiger partial charge on any atom is 0.266 e. The van der Waals surface area contributed by atoms with Gasteiger partial charge in [-0.25, -0.2) is 0 Å². The minimum atomic E-state index is -0.504. The molecule has 2 aromatic carbocycles. The second kappa shape index (κ2) is 8.08. The SMILES string of the molecule is CCOc1ccccc1/C=C(/C#N)C(=O)Nc1ccc2c(c1)OCCO2. The van der Waals surface area contributed by atoms with Crippen molar-refractivity contribution in [1.82, 2.24) is 0 Å². The van der Waals surface area contributed by atoms with Gasteiger partial charge in [0.25, 0.3) is 5.91 Å². The molecule has 0 bridgehead atoms. The van der Waals surface area contributed by atoms with Gasteiger partial charge in [-0.15, -0.1) is 0 Å². The molecule has 6 heteroatoms. The molecule has 0 unspecified atom stereocenters. The number of amides is 1. The first-order valence-corrected chi connectivity index (χ1v) is 8.26. The number of fused-ring (bicyclic) bond motifs is 1. The van der Waals surface area contributed by atoms with E-state index in [9.17, 15) is 10.1 Å². The quantitative estimate of drug-likeness (QED) is 0.660. The molecule has 0 aromatic heterocycles. The Morgan fingerprint density at radius 1 is 1.23 bits per heavy atom. The summed E-state index contributed by atoms with van der Waals surface area (Å²) in [5, 5.41) is 12.1. The van der Waals surface area contributed by atoms with Crippen molar-refractivity contribution in [2.24, 2.45) is 0 Å². The van der Waals surface area contributed by atoms with Crippen molar-refractivity contribution < 1.29 is 19.0 Å². The molecular weight excluding hydrogens is 332 g/mol. The number of nitrogens with one attached hydrogen (secondary N) is 1. The van der Waals surface area contributed by atoms with E-state index in [0.29, 0.717) is 48.3 Å². The van der Waals surface area contributed by atoms with E-state index in [1.165, 1.54) is 6.08 Å². The van der Waals surface area contributed by atoms with E-state index in [1.807, 2.05) is 25.1 Å². The first kappa shape index (κ1) is 17.4. The summed E-state index contributed by atoms with van der Waals surface area (Å²) in [7, 11) is 0. The highest BCUT2D eigenvalue weighted by atomic mass is 16.6. The highest BCUT2D eigenvalue weighted by Gasteiger charge is 2.15. The summed E-state index contributed by atoms with van der Waals surface area (Å²) in [6.45, 7) is 3.33. The molecule has 0 saturated carbocycles. The number of nitrogens with zero attached hydrogens (tertiary/aromatic N) is 1. The van der Waals surface area contributed by atoms with Crippen LogP contribution in [0.1, 0.15) is 12.5 Å². The Hall–Kier alpha value is -3.46. The summed E-state index contributed by atoms with van der Waals surface area (Å²) < 4.78 is 16.5. The van der Waals surface area contributed by atoms with Crippen LogP contribution in [0, 0.1) is 11.3 Å². The number of hydrogen-bond donors (Lipinski definition) is 1. The number of carbonyl (C=O) groups is 1. The molecule has 0 fully saturated rings. The molecule has 1 amide bonds. The number of nitriles is 1. The number of benzene rings is 2. The van der Waals surface area contributed by atoms with Crippen molar-refractivity contribution in [2.75, 3.05) is 25.1 Å². The number of ether oxygens (including phenoxy) is 3. The number of rotatable bonds is 5. The normalized spacial score (nSPS) is 12.8. The topological polar surface area (TPSA) is 80.6 Å². The fraction of sp³-hybridized carbons (Fsp3) is 0.200. The van der Waals surface area contributed by atoms with Crippen LogP contribution in [-0.4, -0.2) is 25.7 Å². The van der Waals surface area contributed by atoms with Crippen LogP contribution in [0.2, 0.25) is 0 Å². The summed E-state index contributed by atoms with van der Waals surface area (Å²) in [5.74, 6) is 1.32. The molecular formula is C20H18N2O4. The maximum absolute atomic E-state index is 12.5. The van der Waals surface area contributed by atoms with E-state index in [-0.39, 0.29) is 5.57 Å². The molecule has 0 saturated heterocycles. The van der Waals surface area contributed by atoms with Gasteiger partial charge in [0.1, 0.15) is 30.6 Å². The molecule has 2 aromatic rings. The predicted octanol–water partition coefficient (Wildman–Crippen LogP) is 3.40. The minimum Gasteiger partial charge on any atom is -0.493 e. The number of anilines is 1. The molecule has 0 spiro atoms. The molecule has 1 N–H and O–H groups in total. The van der Waals surface area contributed by atoms with Gasteiger partial charge in [0.2, 0.25) is 0 Å². The number of hydrogen-bond acceptors (Lipinski definition) is 5. The van der Waals surface area contributed by atoms with Crippen LogP contribution in [0.15, 0.2) is 48.0 Å². The standard InChI is InChI=1S/C20H18N2O4/c1-2-24-17-6-4-3-5-14(17)11-15(13-21)20(23)22-16-7-8-18-19(12-16)26-10-9-25-18/h3-8,11-12H,2,9-10H2,1H3,(H,22,23)/b15-11-. The lowest BCUT2D eigenvalue weighted by Gasteiger charge is -2.18. The lowest BCUT2D eigenvalue weighted by atomic mass is 10.1. The van der Waals surface area contributed by atoms with Gasteiger partial charge in [0.05, 0.1) is 6.61 Å². The Bertz CT molecular complexity index is 884. The third kappa shape index (κ3) is 3.95. The van der Waals surface area contributed by atoms with Crippen LogP contribution >= 0.6 is 0 Å². The summed E-state index contributed by atoms with van der Waals surface area (Å²) >= 11 is 0. The Labute approximate surface area is 151 Å². The summed E-state index contributed by atoms with van der Waals surface area (Å²) in [6.07, 6.45) is 1.51. The van der Waals surface area contributed by atoms with Gasteiger partial charge in [0, 0.05) is 17.3 Å². The maximum atomic E-state index is 12.5. The van der Waals surface area contributed by atoms with Crippen LogP contribution in [0.4, 0.5) is 5.69 Å². The van der Waals surface area contributed by atoms with Crippen molar-refractivity contribution in [3.05, 3.63) is 53.6 Å². The summed E-state index contributed by atoms with van der Waals surface area (Å²) in [4.78, 5) is 12.5. The fourth-order valence-electron chi connectivity index (χ4n) is 2.51. The van der Waals surface area contributed by atoms with Crippen LogP contribution in [0.5, 0.6) is 17.2 Å². The average molecular weight is 350 g/mol. The first-order valence-electron chi connectivity index (χ1n) is 8.26. The molecule has 0 aliphatic carbocycles. The molecule has 0 radical (unpaired) electrons. The zero-order valence-corrected chi connectivity index (χ0v) is 14.3. The van der Waals surface area contributed by atoms with Gasteiger partial charge < -0.3 is 19.5 Å². The molecule has 3 rings (SSSR count). The lowest BCUT2D eigenvalue weighted by Crippen LogP contribution is -2.17. The Kier molecular flexibility index (Phi) is 5.40. The Morgan fingerprint density at radius 3 is 2.77 bits per heavy atom. The number of carbonyl (C=O) groups excluding carboxylic acids is 1. The molecule has 1 aliphatic rings. The monoisotopic (exact) mass is 350 g/mol. The van der Waals surface area contributed by atoms with E-state index >= 15 is 0 Å². The van der Waals surface area contributed by atoms with Crippen molar-refractivity contribution in [2.45, 2.75) is 6.92 Å².